The minimum absolute atomic E-state index is 0.343. The number of aromatic nitrogens is 1. The van der Waals surface area contributed by atoms with Crippen LogP contribution in [0.5, 0.6) is 5.75 Å². The predicted molar refractivity (Wildman–Crippen MR) is 81.3 cm³/mol. The van der Waals surface area contributed by atoms with Gasteiger partial charge >= 0.3 is 6.09 Å². The van der Waals surface area contributed by atoms with Gasteiger partial charge in [0.2, 0.25) is 0 Å². The molecule has 21 heavy (non-hydrogen) atoms. The number of rotatable bonds is 2. The molecule has 0 saturated carbocycles. The van der Waals surface area contributed by atoms with Crippen LogP contribution < -0.4 is 4.74 Å². The number of methoxy groups -OCH3 is 1. The number of H-pyrrole nitrogens is 1. The molecule has 1 aliphatic rings. The number of nitrogens with zero attached hydrogens (tertiary/aromatic N) is 1. The van der Waals surface area contributed by atoms with Crippen molar-refractivity contribution < 1.29 is 14.3 Å². The van der Waals surface area contributed by atoms with Crippen molar-refractivity contribution in [3.8, 4) is 5.75 Å². The molecule has 5 nitrogen and oxygen atoms in total. The van der Waals surface area contributed by atoms with Gasteiger partial charge < -0.3 is 14.5 Å². The summed E-state index contributed by atoms with van der Waals surface area (Å²) in [6, 6.07) is 5.91. The van der Waals surface area contributed by atoms with Crippen molar-refractivity contribution in [3.63, 3.8) is 0 Å². The zero-order valence-corrected chi connectivity index (χ0v) is 12.2. The lowest BCUT2D eigenvalue weighted by Crippen LogP contribution is -2.34. The Bertz CT molecular complexity index is 718. The van der Waals surface area contributed by atoms with Crippen LogP contribution in [0.15, 0.2) is 24.8 Å². The highest BCUT2D eigenvalue weighted by Gasteiger charge is 2.28. The van der Waals surface area contributed by atoms with E-state index in [0.717, 1.165) is 28.8 Å². The summed E-state index contributed by atoms with van der Waals surface area (Å²) in [5.41, 5.74) is 3.75. The van der Waals surface area contributed by atoms with Crippen molar-refractivity contribution in [2.24, 2.45) is 0 Å². The van der Waals surface area contributed by atoms with E-state index in [9.17, 15) is 4.79 Å². The van der Waals surface area contributed by atoms with Crippen molar-refractivity contribution in [2.75, 3.05) is 20.3 Å². The second-order valence-corrected chi connectivity index (χ2v) is 4.94. The van der Waals surface area contributed by atoms with E-state index in [-0.39, 0.29) is 6.09 Å². The van der Waals surface area contributed by atoms with Crippen molar-refractivity contribution in [1.29, 1.82) is 0 Å². The van der Waals surface area contributed by atoms with Crippen molar-refractivity contribution in [1.82, 2.24) is 9.88 Å². The first kappa shape index (κ1) is 13.5. The molecule has 0 unspecified atom stereocenters. The second kappa shape index (κ2) is 5.16. The van der Waals surface area contributed by atoms with E-state index in [1.165, 1.54) is 5.56 Å². The molecule has 0 saturated heterocycles. The molecule has 1 aromatic carbocycles. The van der Waals surface area contributed by atoms with Crippen molar-refractivity contribution in [2.45, 2.75) is 13.3 Å². The summed E-state index contributed by atoms with van der Waals surface area (Å²) in [4.78, 5) is 16.9. The largest absolute Gasteiger partial charge is 0.497 e. The minimum atomic E-state index is -0.343. The zero-order valence-electron chi connectivity index (χ0n) is 12.2. The molecule has 110 valence electrons. The van der Waals surface area contributed by atoms with Gasteiger partial charge in [0, 0.05) is 17.4 Å². The number of amides is 1. The first-order valence-corrected chi connectivity index (χ1v) is 6.97. The third-order valence-corrected chi connectivity index (χ3v) is 3.80. The number of carbonyl (C=O) groups is 1. The number of carbonyl (C=O) groups excluding carboxylic acids is 1. The molecule has 0 aliphatic carbocycles. The fraction of sp³-hybridized carbons (Fsp3) is 0.312. The molecule has 0 spiro atoms. The number of fused-ring (bicyclic) bond motifs is 3. The van der Waals surface area contributed by atoms with Crippen LogP contribution in [0.2, 0.25) is 0 Å². The molecule has 0 radical (unpaired) electrons. The third kappa shape index (κ3) is 2.14. The summed E-state index contributed by atoms with van der Waals surface area (Å²) in [6.07, 6.45) is 0.421. The van der Waals surface area contributed by atoms with Gasteiger partial charge in [-0.2, -0.15) is 0 Å². The summed E-state index contributed by atoms with van der Waals surface area (Å²) in [6.45, 7) is 6.78. The lowest BCUT2D eigenvalue weighted by Gasteiger charge is -2.28. The Balaban J connectivity index is 2.02. The Hall–Kier alpha value is -2.43. The van der Waals surface area contributed by atoms with E-state index in [1.54, 1.807) is 18.9 Å². The van der Waals surface area contributed by atoms with Crippen LogP contribution in [0.1, 0.15) is 18.2 Å². The highest BCUT2D eigenvalue weighted by Crippen LogP contribution is 2.34. The third-order valence-electron chi connectivity index (χ3n) is 3.80. The average molecular weight is 286 g/mol. The van der Waals surface area contributed by atoms with E-state index in [0.29, 0.717) is 18.8 Å². The number of hydrogen-bond donors (Lipinski definition) is 1. The van der Waals surface area contributed by atoms with Gasteiger partial charge in [0.05, 0.1) is 25.1 Å². The first-order valence-electron chi connectivity index (χ1n) is 6.97. The Morgan fingerprint density at radius 2 is 2.29 bits per heavy atom. The van der Waals surface area contributed by atoms with E-state index >= 15 is 0 Å². The Morgan fingerprint density at radius 3 is 3.00 bits per heavy atom. The molecule has 1 amide bonds. The molecule has 0 bridgehead atoms. The van der Waals surface area contributed by atoms with Gasteiger partial charge in [-0.05, 0) is 37.1 Å². The Kier molecular flexibility index (Phi) is 3.33. The first-order chi connectivity index (χ1) is 10.2. The number of aromatic amines is 1. The molecular weight excluding hydrogens is 268 g/mol. The fourth-order valence-electron chi connectivity index (χ4n) is 2.76. The van der Waals surface area contributed by atoms with Crippen LogP contribution in [0, 0.1) is 0 Å². The van der Waals surface area contributed by atoms with Gasteiger partial charge in [-0.3, -0.25) is 4.90 Å². The number of nitrogens with one attached hydrogen (secondary N) is 1. The highest BCUT2D eigenvalue weighted by atomic mass is 16.6. The molecule has 1 aliphatic heterocycles. The van der Waals surface area contributed by atoms with Crippen LogP contribution >= 0.6 is 0 Å². The molecule has 3 rings (SSSR count). The smallest absolute Gasteiger partial charge is 0.414 e. The number of hydrogen-bond acceptors (Lipinski definition) is 3. The van der Waals surface area contributed by atoms with Crippen LogP contribution in [0.3, 0.4) is 0 Å². The predicted octanol–water partition coefficient (Wildman–Crippen LogP) is 3.16. The Labute approximate surface area is 123 Å². The molecule has 1 aromatic heterocycles. The van der Waals surface area contributed by atoms with E-state index in [2.05, 4.69) is 11.6 Å². The SMILES string of the molecule is C=C1c2[nH]c3ccc(OC)cc3c2CCN1C(=O)OCC. The van der Waals surface area contributed by atoms with Crippen LogP contribution in [-0.4, -0.2) is 36.2 Å². The van der Waals surface area contributed by atoms with Crippen molar-refractivity contribution >= 4 is 22.7 Å². The van der Waals surface area contributed by atoms with Gasteiger partial charge in [0.15, 0.2) is 0 Å². The quantitative estimate of drug-likeness (QED) is 0.922. The maximum Gasteiger partial charge on any atom is 0.414 e. The lowest BCUT2D eigenvalue weighted by atomic mass is 10.0. The van der Waals surface area contributed by atoms with Gasteiger partial charge in [-0.25, -0.2) is 4.79 Å². The highest BCUT2D eigenvalue weighted by molar-refractivity contribution is 5.93. The van der Waals surface area contributed by atoms with Crippen LogP contribution in [-0.2, 0) is 11.2 Å². The van der Waals surface area contributed by atoms with E-state index < -0.39 is 0 Å². The number of benzene rings is 1. The summed E-state index contributed by atoms with van der Waals surface area (Å²) in [5, 5.41) is 1.12. The van der Waals surface area contributed by atoms with E-state index in [1.807, 2.05) is 18.2 Å². The van der Waals surface area contributed by atoms with Gasteiger partial charge in [0.1, 0.15) is 5.75 Å². The van der Waals surface area contributed by atoms with Crippen LogP contribution in [0.25, 0.3) is 16.6 Å². The summed E-state index contributed by atoms with van der Waals surface area (Å²) >= 11 is 0. The number of ether oxygens (including phenoxy) is 2. The summed E-state index contributed by atoms with van der Waals surface area (Å²) in [5.74, 6) is 0.822. The zero-order chi connectivity index (χ0) is 15.0. The maximum atomic E-state index is 11.9. The molecular formula is C16H18N2O3. The van der Waals surface area contributed by atoms with Gasteiger partial charge in [0.25, 0.3) is 0 Å². The molecule has 5 heteroatoms. The fourth-order valence-corrected chi connectivity index (χ4v) is 2.76. The minimum Gasteiger partial charge on any atom is -0.497 e. The molecule has 0 fully saturated rings. The molecule has 1 N–H and O–H groups in total. The summed E-state index contributed by atoms with van der Waals surface area (Å²) in [7, 11) is 1.65. The Morgan fingerprint density at radius 1 is 1.48 bits per heavy atom. The monoisotopic (exact) mass is 286 g/mol. The summed E-state index contributed by atoms with van der Waals surface area (Å²) < 4.78 is 10.3. The van der Waals surface area contributed by atoms with Gasteiger partial charge in [-0.1, -0.05) is 6.58 Å². The molecule has 0 atom stereocenters. The van der Waals surface area contributed by atoms with Gasteiger partial charge in [-0.15, -0.1) is 0 Å². The molecule has 2 aromatic rings. The lowest BCUT2D eigenvalue weighted by molar-refractivity contribution is 0.125. The average Bonchev–Trinajstić information content (AvgIpc) is 2.86. The molecule has 2 heterocycles. The normalized spacial score (nSPS) is 14.2. The second-order valence-electron chi connectivity index (χ2n) is 4.94. The topological polar surface area (TPSA) is 54.6 Å². The maximum absolute atomic E-state index is 11.9. The van der Waals surface area contributed by atoms with Crippen molar-refractivity contribution in [3.05, 3.63) is 36.0 Å². The van der Waals surface area contributed by atoms with Crippen LogP contribution in [0.4, 0.5) is 4.79 Å². The van der Waals surface area contributed by atoms with E-state index in [4.69, 9.17) is 9.47 Å². The standard InChI is InChI=1S/C16H18N2O3/c1-4-21-16(19)18-8-7-12-13-9-11(20-3)5-6-14(13)17-15(12)10(18)2/h5-6,9,17H,2,4,7-8H2,1,3H3.